The molecule has 3 nitrogen and oxygen atoms in total. The van der Waals surface area contributed by atoms with Crippen molar-refractivity contribution in [3.63, 3.8) is 0 Å². The quantitative estimate of drug-likeness (QED) is 0.828. The maximum atomic E-state index is 9.94. The standard InChI is InChI=1S/C13H19NO2/c1-11-4-2-5-12(13(11)15)10-14-6-3-8-16-9-7-14/h2,4-5,15H,3,6-10H2,1H3. The van der Waals surface area contributed by atoms with Gasteiger partial charge < -0.3 is 9.84 Å². The summed E-state index contributed by atoms with van der Waals surface area (Å²) in [6.07, 6.45) is 1.08. The zero-order valence-corrected chi connectivity index (χ0v) is 9.78. The van der Waals surface area contributed by atoms with Crippen LogP contribution in [-0.2, 0) is 11.3 Å². The second-order valence-electron chi connectivity index (χ2n) is 4.32. The van der Waals surface area contributed by atoms with Gasteiger partial charge in [-0.3, -0.25) is 4.90 Å². The molecule has 3 heteroatoms. The van der Waals surface area contributed by atoms with Crippen molar-refractivity contribution in [3.8, 4) is 5.75 Å². The molecule has 0 spiro atoms. The average Bonchev–Trinajstić information content (AvgIpc) is 2.53. The van der Waals surface area contributed by atoms with Crippen molar-refractivity contribution in [2.75, 3.05) is 26.3 Å². The normalized spacial score (nSPS) is 18.3. The van der Waals surface area contributed by atoms with E-state index in [4.69, 9.17) is 4.74 Å². The van der Waals surface area contributed by atoms with Crippen molar-refractivity contribution in [3.05, 3.63) is 29.3 Å². The highest BCUT2D eigenvalue weighted by atomic mass is 16.5. The van der Waals surface area contributed by atoms with Crippen LogP contribution < -0.4 is 0 Å². The van der Waals surface area contributed by atoms with E-state index in [2.05, 4.69) is 4.90 Å². The third-order valence-corrected chi connectivity index (χ3v) is 3.03. The fourth-order valence-corrected chi connectivity index (χ4v) is 2.04. The molecule has 0 aromatic heterocycles. The molecule has 1 fully saturated rings. The summed E-state index contributed by atoms with van der Waals surface area (Å²) in [5, 5.41) is 9.94. The number of aryl methyl sites for hydroxylation is 1. The zero-order chi connectivity index (χ0) is 11.4. The van der Waals surface area contributed by atoms with Crippen LogP contribution in [0.4, 0.5) is 0 Å². The van der Waals surface area contributed by atoms with Crippen LogP contribution in [-0.4, -0.2) is 36.3 Å². The highest BCUT2D eigenvalue weighted by molar-refractivity contribution is 5.39. The van der Waals surface area contributed by atoms with Crippen LogP contribution in [0.15, 0.2) is 18.2 Å². The van der Waals surface area contributed by atoms with E-state index >= 15 is 0 Å². The Bertz CT molecular complexity index is 344. The number of rotatable bonds is 2. The summed E-state index contributed by atoms with van der Waals surface area (Å²) < 4.78 is 5.41. The van der Waals surface area contributed by atoms with Gasteiger partial charge in [-0.2, -0.15) is 0 Å². The van der Waals surface area contributed by atoms with Gasteiger partial charge >= 0.3 is 0 Å². The van der Waals surface area contributed by atoms with E-state index in [1.165, 1.54) is 0 Å². The molecular formula is C13H19NO2. The van der Waals surface area contributed by atoms with E-state index < -0.39 is 0 Å². The molecule has 1 N–H and O–H groups in total. The average molecular weight is 221 g/mol. The molecule has 0 unspecified atom stereocenters. The molecule has 16 heavy (non-hydrogen) atoms. The van der Waals surface area contributed by atoms with Crippen molar-refractivity contribution in [2.45, 2.75) is 19.9 Å². The number of phenols is 1. The van der Waals surface area contributed by atoms with Crippen LogP contribution in [0.25, 0.3) is 0 Å². The number of hydrogen-bond donors (Lipinski definition) is 1. The largest absolute Gasteiger partial charge is 0.507 e. The summed E-state index contributed by atoms with van der Waals surface area (Å²) in [7, 11) is 0. The number of phenolic OH excluding ortho intramolecular Hbond substituents is 1. The van der Waals surface area contributed by atoms with E-state index in [0.29, 0.717) is 5.75 Å². The van der Waals surface area contributed by atoms with Crippen molar-refractivity contribution < 1.29 is 9.84 Å². The Kier molecular flexibility index (Phi) is 3.80. The molecule has 0 amide bonds. The number of aromatic hydroxyl groups is 1. The first-order chi connectivity index (χ1) is 7.77. The molecule has 0 radical (unpaired) electrons. The number of ether oxygens (including phenoxy) is 1. The van der Waals surface area contributed by atoms with Crippen molar-refractivity contribution >= 4 is 0 Å². The summed E-state index contributed by atoms with van der Waals surface area (Å²) in [4.78, 5) is 2.33. The van der Waals surface area contributed by atoms with Crippen LogP contribution in [0.5, 0.6) is 5.75 Å². The van der Waals surface area contributed by atoms with E-state index in [1.54, 1.807) is 0 Å². The molecule has 88 valence electrons. The Labute approximate surface area is 96.6 Å². The molecule has 1 aromatic carbocycles. The summed E-state index contributed by atoms with van der Waals surface area (Å²) >= 11 is 0. The van der Waals surface area contributed by atoms with Gasteiger partial charge in [0.1, 0.15) is 5.75 Å². The Morgan fingerprint density at radius 1 is 1.31 bits per heavy atom. The van der Waals surface area contributed by atoms with Gasteiger partial charge in [-0.25, -0.2) is 0 Å². The van der Waals surface area contributed by atoms with E-state index in [9.17, 15) is 5.11 Å². The predicted octanol–water partition coefficient (Wildman–Crippen LogP) is 1.92. The maximum absolute atomic E-state index is 9.94. The fraction of sp³-hybridized carbons (Fsp3) is 0.538. The third kappa shape index (κ3) is 2.74. The van der Waals surface area contributed by atoms with Gasteiger partial charge in [0.25, 0.3) is 0 Å². The molecule has 0 saturated carbocycles. The van der Waals surface area contributed by atoms with Gasteiger partial charge in [0.2, 0.25) is 0 Å². The molecule has 1 saturated heterocycles. The maximum Gasteiger partial charge on any atom is 0.122 e. The van der Waals surface area contributed by atoms with Gasteiger partial charge in [-0.05, 0) is 18.9 Å². The number of nitrogens with zero attached hydrogens (tertiary/aromatic N) is 1. The second kappa shape index (κ2) is 5.32. The van der Waals surface area contributed by atoms with Crippen molar-refractivity contribution in [1.82, 2.24) is 4.90 Å². The first kappa shape index (κ1) is 11.4. The first-order valence-corrected chi connectivity index (χ1v) is 5.85. The fourth-order valence-electron chi connectivity index (χ4n) is 2.04. The highest BCUT2D eigenvalue weighted by Crippen LogP contribution is 2.23. The summed E-state index contributed by atoms with van der Waals surface area (Å²) in [6, 6.07) is 5.93. The lowest BCUT2D eigenvalue weighted by atomic mass is 10.1. The Balaban J connectivity index is 2.04. The van der Waals surface area contributed by atoms with Gasteiger partial charge in [-0.1, -0.05) is 18.2 Å². The molecule has 1 heterocycles. The number of benzene rings is 1. The summed E-state index contributed by atoms with van der Waals surface area (Å²) in [5.74, 6) is 0.438. The molecule has 0 bridgehead atoms. The molecule has 0 aliphatic carbocycles. The smallest absolute Gasteiger partial charge is 0.122 e. The van der Waals surface area contributed by atoms with Crippen LogP contribution in [0, 0.1) is 6.92 Å². The minimum absolute atomic E-state index is 0.438. The zero-order valence-electron chi connectivity index (χ0n) is 9.78. The summed E-state index contributed by atoms with van der Waals surface area (Å²) in [5.41, 5.74) is 1.96. The van der Waals surface area contributed by atoms with Crippen LogP contribution in [0.2, 0.25) is 0 Å². The molecular weight excluding hydrogens is 202 g/mol. The molecule has 0 atom stereocenters. The Morgan fingerprint density at radius 3 is 3.06 bits per heavy atom. The topological polar surface area (TPSA) is 32.7 Å². The van der Waals surface area contributed by atoms with Crippen LogP contribution >= 0.6 is 0 Å². The predicted molar refractivity (Wildman–Crippen MR) is 63.6 cm³/mol. The number of hydrogen-bond acceptors (Lipinski definition) is 3. The van der Waals surface area contributed by atoms with Crippen LogP contribution in [0.3, 0.4) is 0 Å². The number of para-hydroxylation sites is 1. The van der Waals surface area contributed by atoms with Crippen molar-refractivity contribution in [1.29, 1.82) is 0 Å². The van der Waals surface area contributed by atoms with E-state index in [0.717, 1.165) is 50.4 Å². The lowest BCUT2D eigenvalue weighted by Gasteiger charge is -2.20. The Hall–Kier alpha value is -1.06. The first-order valence-electron chi connectivity index (χ1n) is 5.85. The molecule has 1 aliphatic heterocycles. The van der Waals surface area contributed by atoms with E-state index in [1.807, 2.05) is 25.1 Å². The molecule has 1 aromatic rings. The van der Waals surface area contributed by atoms with Gasteiger partial charge in [0, 0.05) is 31.8 Å². The van der Waals surface area contributed by atoms with Crippen LogP contribution in [0.1, 0.15) is 17.5 Å². The van der Waals surface area contributed by atoms with E-state index in [-0.39, 0.29) is 0 Å². The van der Waals surface area contributed by atoms with Gasteiger partial charge in [0.05, 0.1) is 6.61 Å². The molecule has 2 rings (SSSR count). The monoisotopic (exact) mass is 221 g/mol. The minimum atomic E-state index is 0.438. The lowest BCUT2D eigenvalue weighted by Crippen LogP contribution is -2.25. The SMILES string of the molecule is Cc1cccc(CN2CCCOCC2)c1O. The van der Waals surface area contributed by atoms with Gasteiger partial charge in [0.15, 0.2) is 0 Å². The van der Waals surface area contributed by atoms with Crippen molar-refractivity contribution in [2.24, 2.45) is 0 Å². The minimum Gasteiger partial charge on any atom is -0.507 e. The second-order valence-corrected chi connectivity index (χ2v) is 4.32. The lowest BCUT2D eigenvalue weighted by molar-refractivity contribution is 0.140. The Morgan fingerprint density at radius 2 is 2.19 bits per heavy atom. The highest BCUT2D eigenvalue weighted by Gasteiger charge is 2.12. The molecule has 1 aliphatic rings. The van der Waals surface area contributed by atoms with Gasteiger partial charge in [-0.15, -0.1) is 0 Å². The third-order valence-electron chi connectivity index (χ3n) is 3.03. The summed E-state index contributed by atoms with van der Waals surface area (Å²) in [6.45, 7) is 6.41.